The number of ether oxygens (including phenoxy) is 2. The van der Waals surface area contributed by atoms with Gasteiger partial charge in [0.15, 0.2) is 5.76 Å². The molecule has 3 heterocycles. The lowest BCUT2D eigenvalue weighted by Crippen LogP contribution is -2.38. The highest BCUT2D eigenvalue weighted by molar-refractivity contribution is 6.08. The van der Waals surface area contributed by atoms with Crippen molar-refractivity contribution < 1.29 is 28.2 Å². The monoisotopic (exact) mass is 540 g/mol. The summed E-state index contributed by atoms with van der Waals surface area (Å²) in [5, 5.41) is 14.2. The van der Waals surface area contributed by atoms with Gasteiger partial charge in [-0.05, 0) is 48.4 Å². The number of allylic oxidation sites excluding steroid dienone is 1. The SMILES string of the molecule is CC1(C)COC2=C(C1)Nc1c(O)cccc1N(C(=O)c1ccco1)C2c1ccc(OCc2ccccc2)cc1F. The Morgan fingerprint density at radius 1 is 1.10 bits per heavy atom. The zero-order valence-electron chi connectivity index (χ0n) is 22.2. The Balaban J connectivity index is 1.48. The van der Waals surface area contributed by atoms with Gasteiger partial charge in [0, 0.05) is 17.0 Å². The number of nitrogens with one attached hydrogen (secondary N) is 1. The highest BCUT2D eigenvalue weighted by atomic mass is 19.1. The molecule has 1 atom stereocenters. The second kappa shape index (κ2) is 10.1. The van der Waals surface area contributed by atoms with Crippen molar-refractivity contribution in [1.29, 1.82) is 0 Å². The van der Waals surface area contributed by atoms with Gasteiger partial charge in [0.1, 0.15) is 41.4 Å². The van der Waals surface area contributed by atoms with E-state index in [0.29, 0.717) is 41.6 Å². The van der Waals surface area contributed by atoms with Crippen LogP contribution in [0.15, 0.2) is 101 Å². The number of anilines is 2. The van der Waals surface area contributed by atoms with Crippen LogP contribution in [-0.4, -0.2) is 17.6 Å². The minimum atomic E-state index is -0.984. The number of hydrogen-bond acceptors (Lipinski definition) is 6. The van der Waals surface area contributed by atoms with E-state index in [0.717, 1.165) is 5.56 Å². The summed E-state index contributed by atoms with van der Waals surface area (Å²) in [5.41, 5.74) is 2.32. The smallest absolute Gasteiger partial charge is 0.294 e. The lowest BCUT2D eigenvalue weighted by Gasteiger charge is -2.37. The summed E-state index contributed by atoms with van der Waals surface area (Å²) in [5.74, 6) is -0.268. The number of rotatable bonds is 5. The molecule has 204 valence electrons. The maximum absolute atomic E-state index is 16.0. The van der Waals surface area contributed by atoms with Gasteiger partial charge in [0.2, 0.25) is 0 Å². The summed E-state index contributed by atoms with van der Waals surface area (Å²) >= 11 is 0. The first kappa shape index (κ1) is 25.6. The minimum Gasteiger partial charge on any atom is -0.506 e. The average molecular weight is 541 g/mol. The Hall–Kier alpha value is -4.72. The van der Waals surface area contributed by atoms with Gasteiger partial charge in [-0.15, -0.1) is 0 Å². The van der Waals surface area contributed by atoms with Crippen LogP contribution in [0.25, 0.3) is 0 Å². The topological polar surface area (TPSA) is 84.2 Å². The number of furan rings is 1. The Morgan fingerprint density at radius 2 is 1.93 bits per heavy atom. The molecule has 0 saturated heterocycles. The fourth-order valence-corrected chi connectivity index (χ4v) is 5.18. The number of phenols is 1. The van der Waals surface area contributed by atoms with Gasteiger partial charge in [-0.3, -0.25) is 9.69 Å². The summed E-state index contributed by atoms with van der Waals surface area (Å²) in [7, 11) is 0. The molecule has 1 unspecified atom stereocenters. The van der Waals surface area contributed by atoms with Crippen LogP contribution in [-0.2, 0) is 11.3 Å². The molecule has 0 aliphatic carbocycles. The summed E-state index contributed by atoms with van der Waals surface area (Å²) in [6.45, 7) is 4.79. The van der Waals surface area contributed by atoms with Crippen LogP contribution in [0.1, 0.15) is 48.0 Å². The lowest BCUT2D eigenvalue weighted by molar-refractivity contribution is 0.0751. The average Bonchev–Trinajstić information content (AvgIpc) is 3.44. The third kappa shape index (κ3) is 4.77. The molecule has 0 radical (unpaired) electrons. The van der Waals surface area contributed by atoms with Crippen molar-refractivity contribution in [3.8, 4) is 11.5 Å². The minimum absolute atomic E-state index is 0.0456. The third-order valence-corrected chi connectivity index (χ3v) is 7.10. The molecule has 2 N–H and O–H groups in total. The quantitative estimate of drug-likeness (QED) is 0.261. The van der Waals surface area contributed by atoms with Crippen LogP contribution in [0.2, 0.25) is 0 Å². The maximum Gasteiger partial charge on any atom is 0.294 e. The Kier molecular flexibility index (Phi) is 6.46. The normalized spacial score (nSPS) is 17.7. The summed E-state index contributed by atoms with van der Waals surface area (Å²) < 4.78 is 33.7. The number of amides is 1. The predicted octanol–water partition coefficient (Wildman–Crippen LogP) is 7.18. The van der Waals surface area contributed by atoms with Crippen LogP contribution in [0.3, 0.4) is 0 Å². The number of hydrogen-bond donors (Lipinski definition) is 2. The number of para-hydroxylation sites is 1. The van der Waals surface area contributed by atoms with E-state index in [4.69, 9.17) is 13.9 Å². The molecule has 0 bridgehead atoms. The van der Waals surface area contributed by atoms with Crippen molar-refractivity contribution >= 4 is 17.3 Å². The zero-order valence-corrected chi connectivity index (χ0v) is 22.2. The molecule has 1 amide bonds. The van der Waals surface area contributed by atoms with Crippen LogP contribution in [0.4, 0.5) is 15.8 Å². The third-order valence-electron chi connectivity index (χ3n) is 7.10. The van der Waals surface area contributed by atoms with E-state index in [1.165, 1.54) is 23.3 Å². The van der Waals surface area contributed by atoms with Gasteiger partial charge in [-0.1, -0.05) is 50.2 Å². The van der Waals surface area contributed by atoms with Crippen LogP contribution in [0, 0.1) is 11.2 Å². The van der Waals surface area contributed by atoms with Gasteiger partial charge in [0.25, 0.3) is 5.91 Å². The Bertz CT molecular complexity index is 1580. The van der Waals surface area contributed by atoms with Crippen molar-refractivity contribution in [2.24, 2.45) is 5.41 Å². The number of fused-ring (bicyclic) bond motifs is 1. The standard InChI is InChI=1S/C32H29FN2O5/c1-32(2)17-24-30(40-19-32)29(22-14-13-21(16-23(22)33)39-18-20-8-4-3-5-9-20)35(31(37)27-12-7-15-38-27)25-10-6-11-26(36)28(25)34-24/h3-16,29,34,36H,17-19H2,1-2H3. The number of nitrogens with zero attached hydrogens (tertiary/aromatic N) is 1. The largest absolute Gasteiger partial charge is 0.506 e. The van der Waals surface area contributed by atoms with Gasteiger partial charge < -0.3 is 24.3 Å². The van der Waals surface area contributed by atoms with E-state index in [1.807, 2.05) is 30.3 Å². The highest BCUT2D eigenvalue weighted by Crippen LogP contribution is 2.50. The summed E-state index contributed by atoms with van der Waals surface area (Å²) in [6, 6.07) is 21.3. The summed E-state index contributed by atoms with van der Waals surface area (Å²) in [6.07, 6.45) is 1.97. The van der Waals surface area contributed by atoms with E-state index < -0.39 is 17.8 Å². The van der Waals surface area contributed by atoms with Crippen molar-refractivity contribution in [2.45, 2.75) is 32.9 Å². The molecule has 8 heteroatoms. The molecule has 0 fully saturated rings. The maximum atomic E-state index is 16.0. The van der Waals surface area contributed by atoms with Gasteiger partial charge in [0.05, 0.1) is 24.3 Å². The van der Waals surface area contributed by atoms with Crippen LogP contribution in [0.5, 0.6) is 11.5 Å². The fourth-order valence-electron chi connectivity index (χ4n) is 5.18. The second-order valence-corrected chi connectivity index (χ2v) is 10.8. The predicted molar refractivity (Wildman–Crippen MR) is 149 cm³/mol. The van der Waals surface area contributed by atoms with Crippen molar-refractivity contribution in [2.75, 3.05) is 16.8 Å². The fraction of sp³-hybridized carbons (Fsp3) is 0.219. The first-order valence-corrected chi connectivity index (χ1v) is 13.1. The van der Waals surface area contributed by atoms with Crippen molar-refractivity contribution in [1.82, 2.24) is 0 Å². The van der Waals surface area contributed by atoms with Gasteiger partial charge >= 0.3 is 0 Å². The van der Waals surface area contributed by atoms with E-state index in [1.54, 1.807) is 36.4 Å². The number of phenolic OH excluding ortho intramolecular Hbond substituents is 1. The van der Waals surface area contributed by atoms with Gasteiger partial charge in [-0.2, -0.15) is 0 Å². The first-order chi connectivity index (χ1) is 19.3. The molecule has 3 aromatic carbocycles. The molecule has 1 aromatic heterocycles. The second-order valence-electron chi connectivity index (χ2n) is 10.8. The molecule has 7 nitrogen and oxygen atoms in total. The van der Waals surface area contributed by atoms with Gasteiger partial charge in [-0.25, -0.2) is 4.39 Å². The van der Waals surface area contributed by atoms with Crippen molar-refractivity contribution in [3.63, 3.8) is 0 Å². The molecule has 2 aliphatic rings. The van der Waals surface area contributed by atoms with E-state index in [9.17, 15) is 9.90 Å². The highest BCUT2D eigenvalue weighted by Gasteiger charge is 2.43. The number of carbonyl (C=O) groups excluding carboxylic acids is 1. The van der Waals surface area contributed by atoms with E-state index in [-0.39, 0.29) is 29.1 Å². The number of benzene rings is 3. The summed E-state index contributed by atoms with van der Waals surface area (Å²) in [4.78, 5) is 15.4. The lowest BCUT2D eigenvalue weighted by atomic mass is 9.85. The molecular weight excluding hydrogens is 511 g/mol. The molecule has 6 rings (SSSR count). The molecular formula is C32H29FN2O5. The van der Waals surface area contributed by atoms with Crippen LogP contribution >= 0.6 is 0 Å². The first-order valence-electron chi connectivity index (χ1n) is 13.1. The molecule has 0 saturated carbocycles. The number of aromatic hydroxyl groups is 1. The van der Waals surface area contributed by atoms with Crippen molar-refractivity contribution in [3.05, 3.63) is 119 Å². The Morgan fingerprint density at radius 3 is 2.67 bits per heavy atom. The van der Waals surface area contributed by atoms with Crippen LogP contribution < -0.4 is 15.0 Å². The number of halogens is 1. The molecule has 2 aliphatic heterocycles. The zero-order chi connectivity index (χ0) is 27.9. The van der Waals surface area contributed by atoms with E-state index in [2.05, 4.69) is 19.2 Å². The molecule has 0 spiro atoms. The molecule has 4 aromatic rings. The Labute approximate surface area is 231 Å². The molecule has 40 heavy (non-hydrogen) atoms. The number of carbonyl (C=O) groups is 1. The van der Waals surface area contributed by atoms with E-state index >= 15 is 4.39 Å².